The Morgan fingerprint density at radius 3 is 2.06 bits per heavy atom. The second kappa shape index (κ2) is 14.2. The van der Waals surface area contributed by atoms with Crippen LogP contribution in [-0.4, -0.2) is 47.9 Å². The van der Waals surface area contributed by atoms with Gasteiger partial charge in [0.2, 0.25) is 0 Å². The van der Waals surface area contributed by atoms with Gasteiger partial charge in [-0.2, -0.15) is 0 Å². The van der Waals surface area contributed by atoms with Crippen LogP contribution in [0.25, 0.3) is 0 Å². The van der Waals surface area contributed by atoms with Crippen LogP contribution in [0.5, 0.6) is 0 Å². The molecule has 1 N–H and O–H groups in total. The van der Waals surface area contributed by atoms with Crippen molar-refractivity contribution in [3.05, 3.63) is 47.5 Å². The van der Waals surface area contributed by atoms with Crippen LogP contribution in [0.15, 0.2) is 42.0 Å². The summed E-state index contributed by atoms with van der Waals surface area (Å²) < 4.78 is 30.3. The van der Waals surface area contributed by atoms with Crippen LogP contribution in [0.3, 0.4) is 0 Å². The Hall–Kier alpha value is -1.11. The molecule has 0 bridgehead atoms. The van der Waals surface area contributed by atoms with Crippen LogP contribution in [0.1, 0.15) is 59.3 Å². The predicted octanol–water partition coefficient (Wildman–Crippen LogP) is 6.01. The molecule has 0 saturated heterocycles. The number of allylic oxidation sites excluding steroid dienone is 1. The van der Waals surface area contributed by atoms with Crippen molar-refractivity contribution in [3.8, 4) is 0 Å². The van der Waals surface area contributed by atoms with Gasteiger partial charge in [0.25, 0.3) is 0 Å². The molecule has 0 spiro atoms. The lowest BCUT2D eigenvalue weighted by atomic mass is 10.1. The molecule has 32 heavy (non-hydrogen) atoms. The molecule has 0 saturated carbocycles. The molecule has 1 rings (SSSR count). The largest absolute Gasteiger partial charge is 0.465 e. The lowest BCUT2D eigenvalue weighted by molar-refractivity contribution is -0.143. The van der Waals surface area contributed by atoms with Crippen LogP contribution >= 0.6 is 19.4 Å². The summed E-state index contributed by atoms with van der Waals surface area (Å²) in [4.78, 5) is 13.1. The number of aliphatic hydroxyl groups excluding tert-OH is 1. The molecule has 4 unspecified atom stereocenters. The number of ether oxygens (including phenoxy) is 1. The third-order valence-electron chi connectivity index (χ3n) is 4.70. The first-order valence-electron chi connectivity index (χ1n) is 11.2. The monoisotopic (exact) mass is 486 g/mol. The zero-order valence-electron chi connectivity index (χ0n) is 20.3. The molecule has 4 atom stereocenters. The average Bonchev–Trinajstić information content (AvgIpc) is 2.71. The van der Waals surface area contributed by atoms with Gasteiger partial charge in [-0.1, -0.05) is 55.8 Å². The molecule has 1 aromatic rings. The van der Waals surface area contributed by atoms with Gasteiger partial charge in [-0.25, -0.2) is 0 Å². The molecule has 0 aliphatic rings. The van der Waals surface area contributed by atoms with Gasteiger partial charge in [0.15, 0.2) is 5.66 Å². The quantitative estimate of drug-likeness (QED) is 0.196. The first-order valence-corrected chi connectivity index (χ1v) is 13.8. The van der Waals surface area contributed by atoms with Crippen LogP contribution in [0.4, 0.5) is 0 Å². The SMILES string of the molecule is CCOC(=O)C(C(SC(c1ccccc1)C(O)C=C(C)C)C(C)C)P(=O)(OCC)OCC. The van der Waals surface area contributed by atoms with E-state index in [-0.39, 0.29) is 31.0 Å². The fraction of sp³-hybridized carbons (Fsp3) is 0.625. The third-order valence-corrected chi connectivity index (χ3v) is 9.33. The summed E-state index contributed by atoms with van der Waals surface area (Å²) in [6.07, 6.45) is 1.00. The van der Waals surface area contributed by atoms with E-state index in [1.165, 1.54) is 11.8 Å². The minimum atomic E-state index is -3.82. The maximum atomic E-state index is 13.8. The predicted molar refractivity (Wildman–Crippen MR) is 132 cm³/mol. The van der Waals surface area contributed by atoms with E-state index in [0.29, 0.717) is 0 Å². The van der Waals surface area contributed by atoms with E-state index in [2.05, 4.69) is 0 Å². The number of carbonyl (C=O) groups excluding carboxylic acids is 1. The molecule has 0 heterocycles. The summed E-state index contributed by atoms with van der Waals surface area (Å²) in [6.45, 7) is 13.4. The smallest absolute Gasteiger partial charge is 0.346 e. The number of thioether (sulfide) groups is 1. The van der Waals surface area contributed by atoms with Crippen molar-refractivity contribution in [2.75, 3.05) is 19.8 Å². The van der Waals surface area contributed by atoms with Crippen LogP contribution in [0, 0.1) is 5.92 Å². The van der Waals surface area contributed by atoms with Crippen molar-refractivity contribution in [1.29, 1.82) is 0 Å². The van der Waals surface area contributed by atoms with Crippen LogP contribution in [0.2, 0.25) is 0 Å². The van der Waals surface area contributed by atoms with Crippen molar-refractivity contribution in [1.82, 2.24) is 0 Å². The minimum absolute atomic E-state index is 0.0752. The average molecular weight is 487 g/mol. The molecule has 0 aliphatic heterocycles. The summed E-state index contributed by atoms with van der Waals surface area (Å²) in [5.74, 6) is -0.679. The Bertz CT molecular complexity index is 753. The second-order valence-corrected chi connectivity index (χ2v) is 11.5. The molecule has 0 aromatic heterocycles. The molecule has 8 heteroatoms. The molecule has 0 fully saturated rings. The second-order valence-electron chi connectivity index (χ2n) is 7.98. The number of rotatable bonds is 14. The first kappa shape index (κ1) is 28.9. The molecule has 0 amide bonds. The normalized spacial score (nSPS) is 15.7. The highest BCUT2D eigenvalue weighted by molar-refractivity contribution is 8.00. The number of hydrogen-bond acceptors (Lipinski definition) is 7. The van der Waals surface area contributed by atoms with Gasteiger partial charge in [0, 0.05) is 5.25 Å². The molecular formula is C24H39O6PS. The minimum Gasteiger partial charge on any atom is -0.465 e. The summed E-state index contributed by atoms with van der Waals surface area (Å²) >= 11 is 1.41. The van der Waals surface area contributed by atoms with E-state index >= 15 is 0 Å². The lowest BCUT2D eigenvalue weighted by Gasteiger charge is -2.35. The fourth-order valence-electron chi connectivity index (χ4n) is 3.42. The van der Waals surface area contributed by atoms with E-state index in [1.807, 2.05) is 58.0 Å². The van der Waals surface area contributed by atoms with Gasteiger partial charge in [-0.05, 0) is 46.1 Å². The maximum Gasteiger partial charge on any atom is 0.346 e. The van der Waals surface area contributed by atoms with Gasteiger partial charge < -0.3 is 18.9 Å². The molecular weight excluding hydrogens is 447 g/mol. The summed E-state index contributed by atoms with van der Waals surface area (Å²) in [6, 6.07) is 9.63. The van der Waals surface area contributed by atoms with Crippen LogP contribution < -0.4 is 0 Å². The zero-order chi connectivity index (χ0) is 24.3. The van der Waals surface area contributed by atoms with Crippen molar-refractivity contribution in [2.45, 2.75) is 70.7 Å². The number of aliphatic hydroxyl groups is 1. The Kier molecular flexibility index (Phi) is 12.8. The molecule has 0 aliphatic carbocycles. The topological polar surface area (TPSA) is 82.1 Å². The Balaban J connectivity index is 3.54. The highest BCUT2D eigenvalue weighted by atomic mass is 32.2. The van der Waals surface area contributed by atoms with Gasteiger partial charge >= 0.3 is 13.6 Å². The van der Waals surface area contributed by atoms with E-state index in [0.717, 1.165) is 11.1 Å². The highest BCUT2D eigenvalue weighted by Gasteiger charge is 2.49. The maximum absolute atomic E-state index is 13.8. The van der Waals surface area contributed by atoms with Gasteiger partial charge in [0.05, 0.1) is 31.2 Å². The van der Waals surface area contributed by atoms with Crippen molar-refractivity contribution in [3.63, 3.8) is 0 Å². The van der Waals surface area contributed by atoms with Gasteiger partial charge in [-0.3, -0.25) is 9.36 Å². The number of hydrogen-bond donors (Lipinski definition) is 1. The number of esters is 1. The Morgan fingerprint density at radius 2 is 1.62 bits per heavy atom. The Morgan fingerprint density at radius 1 is 1.06 bits per heavy atom. The van der Waals surface area contributed by atoms with Crippen molar-refractivity contribution in [2.24, 2.45) is 5.92 Å². The van der Waals surface area contributed by atoms with E-state index in [9.17, 15) is 14.5 Å². The molecule has 182 valence electrons. The first-order chi connectivity index (χ1) is 15.1. The van der Waals surface area contributed by atoms with Crippen molar-refractivity contribution >= 4 is 25.3 Å². The highest BCUT2D eigenvalue weighted by Crippen LogP contribution is 2.58. The van der Waals surface area contributed by atoms with E-state index in [4.69, 9.17) is 13.8 Å². The number of carbonyl (C=O) groups is 1. The lowest BCUT2D eigenvalue weighted by Crippen LogP contribution is -2.39. The Labute approximate surface area is 197 Å². The number of benzene rings is 1. The van der Waals surface area contributed by atoms with Crippen molar-refractivity contribution < 1.29 is 28.3 Å². The zero-order valence-corrected chi connectivity index (χ0v) is 22.0. The van der Waals surface area contributed by atoms with Gasteiger partial charge in [-0.15, -0.1) is 11.8 Å². The third kappa shape index (κ3) is 8.35. The summed E-state index contributed by atoms with van der Waals surface area (Å²) in [5, 5.41) is 10.2. The van der Waals surface area contributed by atoms with E-state index in [1.54, 1.807) is 26.8 Å². The molecule has 1 aromatic carbocycles. The fourth-order valence-corrected chi connectivity index (χ4v) is 7.70. The van der Waals surface area contributed by atoms with E-state index < -0.39 is 30.6 Å². The standard InChI is InChI=1S/C24H39O6PS/c1-8-28-24(26)21(31(27,29-9-2)30-10-3)22(18(6)7)32-23(20(25)16-17(4)5)19-14-12-11-13-15-19/h11-16,18,20-23,25H,8-10H2,1-7H3. The molecule has 6 nitrogen and oxygen atoms in total. The summed E-state index contributed by atoms with van der Waals surface area (Å²) in [7, 11) is -3.82. The molecule has 0 radical (unpaired) electrons. The summed E-state index contributed by atoms with van der Waals surface area (Å²) in [5.41, 5.74) is 0.784. The van der Waals surface area contributed by atoms with Gasteiger partial charge in [0.1, 0.15) is 0 Å². The van der Waals surface area contributed by atoms with Crippen LogP contribution in [-0.2, 0) is 23.1 Å².